The van der Waals surface area contributed by atoms with Crippen LogP contribution < -0.4 is 4.90 Å². The van der Waals surface area contributed by atoms with E-state index in [1.54, 1.807) is 43.3 Å². The summed E-state index contributed by atoms with van der Waals surface area (Å²) in [7, 11) is 0. The zero-order valence-corrected chi connectivity index (χ0v) is 14.8. The number of aliphatic hydroxyl groups is 2. The van der Waals surface area contributed by atoms with Gasteiger partial charge in [-0.15, -0.1) is 0 Å². The maximum Gasteiger partial charge on any atom is 0.269 e. The first kappa shape index (κ1) is 18.8. The first-order chi connectivity index (χ1) is 12.9. The van der Waals surface area contributed by atoms with Crippen LogP contribution in [0.25, 0.3) is 0 Å². The molecule has 2 aromatic carbocycles. The summed E-state index contributed by atoms with van der Waals surface area (Å²) in [6, 6.07) is 12.9. The molecule has 140 valence electrons. The van der Waals surface area contributed by atoms with E-state index >= 15 is 0 Å². The van der Waals surface area contributed by atoms with E-state index in [1.165, 1.54) is 23.1 Å². The quantitative estimate of drug-likeness (QED) is 0.463. The summed E-state index contributed by atoms with van der Waals surface area (Å²) < 4.78 is 0. The lowest BCUT2D eigenvalue weighted by atomic mass is 9.82. The van der Waals surface area contributed by atoms with E-state index in [-0.39, 0.29) is 17.9 Å². The Labute approximate surface area is 156 Å². The standard InChI is InChI=1S/C20H20N2O5/c1-14(7-5-6-12-23)20(25)17-13-16(22(26)27)10-11-18(17)21(19(20)24)15-8-3-2-4-9-15/h2-5,7-11,13-14,23,25H,6,12H2,1H3/b7-5+/t14-,20+/m0/s1. The molecule has 0 aliphatic carbocycles. The zero-order valence-electron chi connectivity index (χ0n) is 14.8. The monoisotopic (exact) mass is 368 g/mol. The number of benzene rings is 2. The van der Waals surface area contributed by atoms with Gasteiger partial charge in [0.2, 0.25) is 0 Å². The van der Waals surface area contributed by atoms with Crippen LogP contribution in [0.5, 0.6) is 0 Å². The van der Waals surface area contributed by atoms with Gasteiger partial charge in [-0.3, -0.25) is 19.8 Å². The topological polar surface area (TPSA) is 104 Å². The van der Waals surface area contributed by atoms with E-state index in [4.69, 9.17) is 5.11 Å². The number of nitrogens with zero attached hydrogens (tertiary/aromatic N) is 2. The van der Waals surface area contributed by atoms with Crippen molar-refractivity contribution in [2.45, 2.75) is 18.9 Å². The third-order valence-corrected chi connectivity index (χ3v) is 4.77. The summed E-state index contributed by atoms with van der Waals surface area (Å²) in [4.78, 5) is 25.3. The maximum absolute atomic E-state index is 13.3. The molecule has 3 rings (SSSR count). The number of nitro benzene ring substituents is 1. The molecular formula is C20H20N2O5. The van der Waals surface area contributed by atoms with Crippen LogP contribution in [0.1, 0.15) is 18.9 Å². The number of anilines is 2. The summed E-state index contributed by atoms with van der Waals surface area (Å²) >= 11 is 0. The third-order valence-electron chi connectivity index (χ3n) is 4.77. The van der Waals surface area contributed by atoms with Gasteiger partial charge in [-0.25, -0.2) is 0 Å². The number of carbonyl (C=O) groups is 1. The first-order valence-electron chi connectivity index (χ1n) is 8.59. The summed E-state index contributed by atoms with van der Waals surface area (Å²) in [6.45, 7) is 1.62. The van der Waals surface area contributed by atoms with E-state index in [2.05, 4.69) is 0 Å². The number of amides is 1. The van der Waals surface area contributed by atoms with Crippen LogP contribution in [0, 0.1) is 16.0 Å². The van der Waals surface area contributed by atoms with Crippen LogP contribution in [0.15, 0.2) is 60.7 Å². The number of carbonyl (C=O) groups excluding carboxylic acids is 1. The summed E-state index contributed by atoms with van der Waals surface area (Å²) in [5.74, 6) is -1.21. The van der Waals surface area contributed by atoms with Crippen LogP contribution in [0.3, 0.4) is 0 Å². The Hall–Kier alpha value is -3.03. The Bertz CT molecular complexity index is 897. The lowest BCUT2D eigenvalue weighted by Gasteiger charge is -2.27. The highest BCUT2D eigenvalue weighted by Gasteiger charge is 2.53. The molecule has 7 nitrogen and oxygen atoms in total. The fraction of sp³-hybridized carbons (Fsp3) is 0.250. The normalized spacial score (nSPS) is 20.1. The van der Waals surface area contributed by atoms with Crippen molar-refractivity contribution in [3.8, 4) is 0 Å². The summed E-state index contributed by atoms with van der Waals surface area (Å²) in [6.07, 6.45) is 3.71. The van der Waals surface area contributed by atoms with E-state index in [0.717, 1.165) is 0 Å². The Kier molecular flexibility index (Phi) is 5.07. The molecule has 0 saturated heterocycles. The first-order valence-corrected chi connectivity index (χ1v) is 8.59. The van der Waals surface area contributed by atoms with Crippen LogP contribution in [-0.4, -0.2) is 27.7 Å². The molecule has 0 unspecified atom stereocenters. The lowest BCUT2D eigenvalue weighted by Crippen LogP contribution is -2.42. The van der Waals surface area contributed by atoms with Gasteiger partial charge >= 0.3 is 0 Å². The van der Waals surface area contributed by atoms with Gasteiger partial charge in [-0.2, -0.15) is 0 Å². The molecule has 1 heterocycles. The van der Waals surface area contributed by atoms with Crippen LogP contribution in [0.2, 0.25) is 0 Å². The van der Waals surface area contributed by atoms with Crippen LogP contribution in [0.4, 0.5) is 17.1 Å². The molecule has 1 aliphatic heterocycles. The zero-order chi connectivity index (χ0) is 19.6. The van der Waals surface area contributed by atoms with Gasteiger partial charge in [0.1, 0.15) is 0 Å². The SMILES string of the molecule is C[C@@H](/C=C/CCO)[C@]1(O)C(=O)N(c2ccccc2)c2ccc([N+](=O)[O-])cc21. The molecule has 0 bridgehead atoms. The van der Waals surface area contributed by atoms with Crippen molar-refractivity contribution >= 4 is 23.0 Å². The lowest BCUT2D eigenvalue weighted by molar-refractivity contribution is -0.385. The highest BCUT2D eigenvalue weighted by atomic mass is 16.6. The van der Waals surface area contributed by atoms with Crippen molar-refractivity contribution in [2.24, 2.45) is 5.92 Å². The van der Waals surface area contributed by atoms with Gasteiger partial charge in [0.25, 0.3) is 11.6 Å². The fourth-order valence-corrected chi connectivity index (χ4v) is 3.32. The van der Waals surface area contributed by atoms with Crippen molar-refractivity contribution in [1.29, 1.82) is 0 Å². The maximum atomic E-state index is 13.3. The number of nitro groups is 1. The molecule has 7 heteroatoms. The average molecular weight is 368 g/mol. The fourth-order valence-electron chi connectivity index (χ4n) is 3.32. The number of non-ortho nitro benzene ring substituents is 1. The van der Waals surface area contributed by atoms with E-state index in [9.17, 15) is 20.0 Å². The molecule has 2 N–H and O–H groups in total. The second kappa shape index (κ2) is 7.30. The van der Waals surface area contributed by atoms with Crippen molar-refractivity contribution in [2.75, 3.05) is 11.5 Å². The second-order valence-electron chi connectivity index (χ2n) is 6.43. The number of hydrogen-bond acceptors (Lipinski definition) is 5. The second-order valence-corrected chi connectivity index (χ2v) is 6.43. The Morgan fingerprint density at radius 2 is 1.96 bits per heavy atom. The van der Waals surface area contributed by atoms with Gasteiger partial charge in [0.05, 0.1) is 10.6 Å². The van der Waals surface area contributed by atoms with E-state index in [0.29, 0.717) is 17.8 Å². The van der Waals surface area contributed by atoms with Crippen molar-refractivity contribution in [1.82, 2.24) is 0 Å². The van der Waals surface area contributed by atoms with Gasteiger partial charge in [0, 0.05) is 35.9 Å². The molecule has 27 heavy (non-hydrogen) atoms. The minimum Gasteiger partial charge on any atom is -0.396 e. The molecule has 2 aromatic rings. The van der Waals surface area contributed by atoms with Crippen molar-refractivity contribution < 1.29 is 19.9 Å². The van der Waals surface area contributed by atoms with Gasteiger partial charge < -0.3 is 10.2 Å². The Morgan fingerprint density at radius 1 is 1.26 bits per heavy atom. The van der Waals surface area contributed by atoms with Gasteiger partial charge in [-0.05, 0) is 24.6 Å². The molecule has 0 saturated carbocycles. The highest BCUT2D eigenvalue weighted by molar-refractivity contribution is 6.12. The molecule has 2 atom stereocenters. The Morgan fingerprint density at radius 3 is 2.59 bits per heavy atom. The number of para-hydroxylation sites is 1. The Balaban J connectivity index is 2.16. The van der Waals surface area contributed by atoms with Crippen LogP contribution in [-0.2, 0) is 10.4 Å². The van der Waals surface area contributed by atoms with Crippen molar-refractivity contribution in [3.63, 3.8) is 0 Å². The summed E-state index contributed by atoms with van der Waals surface area (Å²) in [5, 5.41) is 31.5. The summed E-state index contributed by atoms with van der Waals surface area (Å²) in [5.41, 5.74) is -0.946. The molecule has 0 radical (unpaired) electrons. The predicted molar refractivity (Wildman–Crippen MR) is 101 cm³/mol. The molecule has 0 spiro atoms. The number of hydrogen-bond donors (Lipinski definition) is 2. The third kappa shape index (κ3) is 3.11. The minimum atomic E-state index is -1.94. The number of rotatable bonds is 6. The average Bonchev–Trinajstić information content (AvgIpc) is 2.90. The number of fused-ring (bicyclic) bond motifs is 1. The van der Waals surface area contributed by atoms with Crippen molar-refractivity contribution in [3.05, 3.63) is 76.4 Å². The molecule has 1 aliphatic rings. The highest BCUT2D eigenvalue weighted by Crippen LogP contribution is 2.49. The minimum absolute atomic E-state index is 0.0478. The van der Waals surface area contributed by atoms with Crippen LogP contribution >= 0.6 is 0 Å². The molecule has 1 amide bonds. The predicted octanol–water partition coefficient (Wildman–Crippen LogP) is 3.04. The molecular weight excluding hydrogens is 348 g/mol. The van der Waals surface area contributed by atoms with E-state index in [1.807, 2.05) is 6.07 Å². The largest absolute Gasteiger partial charge is 0.396 e. The van der Waals surface area contributed by atoms with Gasteiger partial charge in [-0.1, -0.05) is 37.3 Å². The van der Waals surface area contributed by atoms with E-state index < -0.39 is 22.3 Å². The molecule has 0 aromatic heterocycles. The number of aliphatic hydroxyl groups excluding tert-OH is 1. The smallest absolute Gasteiger partial charge is 0.269 e. The molecule has 0 fully saturated rings. The van der Waals surface area contributed by atoms with Gasteiger partial charge in [0.15, 0.2) is 5.60 Å².